The Hall–Kier alpha value is -0.570. The molecule has 0 bridgehead atoms. The molecule has 21 heavy (non-hydrogen) atoms. The zero-order valence-electron chi connectivity index (χ0n) is 13.9. The quantitative estimate of drug-likeness (QED) is 0.617. The maximum Gasteiger partial charge on any atom is 0.0546 e. The van der Waals surface area contributed by atoms with Gasteiger partial charge in [-0.05, 0) is 56.2 Å². The first-order chi connectivity index (χ1) is 9.89. The molecule has 3 heteroatoms. The molecule has 0 spiro atoms. The molecule has 0 radical (unpaired) electrons. The summed E-state index contributed by atoms with van der Waals surface area (Å²) >= 11 is 6.73. The van der Waals surface area contributed by atoms with E-state index in [0.717, 1.165) is 11.6 Å². The largest absolute Gasteiger partial charge is 0.268 e. The predicted molar refractivity (Wildman–Crippen MR) is 91.6 cm³/mol. The van der Waals surface area contributed by atoms with Crippen molar-refractivity contribution in [3.63, 3.8) is 0 Å². The third-order valence-electron chi connectivity index (χ3n) is 5.18. The fourth-order valence-corrected chi connectivity index (χ4v) is 3.97. The fraction of sp³-hybridized carbons (Fsp3) is 0.667. The lowest BCUT2D eigenvalue weighted by atomic mass is 9.81. The van der Waals surface area contributed by atoms with Gasteiger partial charge >= 0.3 is 0 Å². The Labute approximate surface area is 134 Å². The molecule has 2 nitrogen and oxygen atoms in total. The first-order valence-corrected chi connectivity index (χ1v) is 8.59. The number of hydrazine groups is 1. The van der Waals surface area contributed by atoms with Crippen LogP contribution < -0.4 is 5.84 Å². The van der Waals surface area contributed by atoms with E-state index in [1.807, 2.05) is 5.01 Å². The zero-order chi connectivity index (χ0) is 15.6. The third-order valence-corrected chi connectivity index (χ3v) is 5.68. The number of rotatable bonds is 4. The standard InChI is InChI=1S/C18H29ClN2/c1-5-21(20)18(3,4)16-12-11-15(17(19)13(16)2)14-9-7-6-8-10-14/h11-12,14H,5-10,20H2,1-4H3. The molecule has 0 unspecified atom stereocenters. The Kier molecular flexibility index (Phi) is 5.34. The van der Waals surface area contributed by atoms with E-state index in [9.17, 15) is 0 Å². The molecule has 0 saturated heterocycles. The fourth-order valence-electron chi connectivity index (χ4n) is 3.65. The SMILES string of the molecule is CCN(N)C(C)(C)c1ccc(C2CCCCC2)c(Cl)c1C. The first kappa shape index (κ1) is 16.8. The molecular formula is C18H29ClN2. The molecule has 2 N–H and O–H groups in total. The lowest BCUT2D eigenvalue weighted by Gasteiger charge is -2.36. The summed E-state index contributed by atoms with van der Waals surface area (Å²) in [6.45, 7) is 9.35. The minimum atomic E-state index is -0.201. The van der Waals surface area contributed by atoms with Crippen LogP contribution in [-0.4, -0.2) is 11.6 Å². The highest BCUT2D eigenvalue weighted by atomic mass is 35.5. The number of nitrogens with two attached hydrogens (primary N) is 1. The Morgan fingerprint density at radius 1 is 1.24 bits per heavy atom. The Bertz CT molecular complexity index is 490. The van der Waals surface area contributed by atoms with E-state index in [4.69, 9.17) is 17.4 Å². The highest BCUT2D eigenvalue weighted by Crippen LogP contribution is 2.40. The van der Waals surface area contributed by atoms with E-state index in [1.54, 1.807) is 0 Å². The molecule has 0 amide bonds. The van der Waals surface area contributed by atoms with Gasteiger partial charge in [-0.1, -0.05) is 49.9 Å². The van der Waals surface area contributed by atoms with Crippen LogP contribution in [0.1, 0.15) is 75.5 Å². The minimum Gasteiger partial charge on any atom is -0.268 e. The third kappa shape index (κ3) is 3.28. The van der Waals surface area contributed by atoms with E-state index >= 15 is 0 Å². The summed E-state index contributed by atoms with van der Waals surface area (Å²) in [5, 5.41) is 2.84. The van der Waals surface area contributed by atoms with Gasteiger partial charge in [-0.2, -0.15) is 0 Å². The molecule has 0 aliphatic heterocycles. The second-order valence-corrected chi connectivity index (χ2v) is 7.20. The van der Waals surface area contributed by atoms with Gasteiger partial charge in [0.1, 0.15) is 0 Å². The molecule has 1 fully saturated rings. The zero-order valence-corrected chi connectivity index (χ0v) is 14.6. The van der Waals surface area contributed by atoms with Gasteiger partial charge in [0, 0.05) is 11.6 Å². The molecule has 1 aromatic rings. The molecular weight excluding hydrogens is 280 g/mol. The molecule has 1 aromatic carbocycles. The highest BCUT2D eigenvalue weighted by molar-refractivity contribution is 6.32. The van der Waals surface area contributed by atoms with Crippen LogP contribution in [0.4, 0.5) is 0 Å². The highest BCUT2D eigenvalue weighted by Gasteiger charge is 2.29. The van der Waals surface area contributed by atoms with Crippen molar-refractivity contribution >= 4 is 11.6 Å². The van der Waals surface area contributed by atoms with Gasteiger partial charge in [-0.3, -0.25) is 5.84 Å². The summed E-state index contributed by atoms with van der Waals surface area (Å²) in [5.74, 6) is 6.81. The van der Waals surface area contributed by atoms with Crippen molar-refractivity contribution < 1.29 is 0 Å². The number of hydrogen-bond donors (Lipinski definition) is 1. The van der Waals surface area contributed by atoms with E-state index in [-0.39, 0.29) is 5.54 Å². The maximum atomic E-state index is 6.73. The van der Waals surface area contributed by atoms with E-state index < -0.39 is 0 Å². The number of halogens is 1. The minimum absolute atomic E-state index is 0.201. The molecule has 2 rings (SSSR count). The summed E-state index contributed by atoms with van der Waals surface area (Å²) in [5.41, 5.74) is 3.56. The summed E-state index contributed by atoms with van der Waals surface area (Å²) in [6, 6.07) is 4.48. The van der Waals surface area contributed by atoms with E-state index in [1.165, 1.54) is 48.8 Å². The summed E-state index contributed by atoms with van der Waals surface area (Å²) < 4.78 is 0. The van der Waals surface area contributed by atoms with Crippen molar-refractivity contribution in [2.45, 2.75) is 71.3 Å². The number of nitrogens with zero attached hydrogens (tertiary/aromatic N) is 1. The average Bonchev–Trinajstić information content (AvgIpc) is 2.49. The summed E-state index contributed by atoms with van der Waals surface area (Å²) in [7, 11) is 0. The lowest BCUT2D eigenvalue weighted by Crippen LogP contribution is -2.46. The Morgan fingerprint density at radius 3 is 2.43 bits per heavy atom. The monoisotopic (exact) mass is 308 g/mol. The van der Waals surface area contributed by atoms with Crippen LogP contribution in [0, 0.1) is 6.92 Å². The molecule has 0 aromatic heterocycles. The van der Waals surface area contributed by atoms with Gasteiger partial charge < -0.3 is 0 Å². The molecule has 1 aliphatic rings. The van der Waals surface area contributed by atoms with Crippen LogP contribution in [0.5, 0.6) is 0 Å². The van der Waals surface area contributed by atoms with Gasteiger partial charge in [0.25, 0.3) is 0 Å². The molecule has 0 atom stereocenters. The van der Waals surface area contributed by atoms with Crippen molar-refractivity contribution in [3.8, 4) is 0 Å². The van der Waals surface area contributed by atoms with Crippen LogP contribution in [0.3, 0.4) is 0 Å². The lowest BCUT2D eigenvalue weighted by molar-refractivity contribution is 0.128. The van der Waals surface area contributed by atoms with Crippen LogP contribution in [-0.2, 0) is 5.54 Å². The van der Waals surface area contributed by atoms with Crippen LogP contribution in [0.15, 0.2) is 12.1 Å². The van der Waals surface area contributed by atoms with Crippen molar-refractivity contribution in [1.29, 1.82) is 0 Å². The van der Waals surface area contributed by atoms with Gasteiger partial charge in [-0.25, -0.2) is 5.01 Å². The maximum absolute atomic E-state index is 6.73. The van der Waals surface area contributed by atoms with Crippen LogP contribution in [0.25, 0.3) is 0 Å². The topological polar surface area (TPSA) is 29.3 Å². The Balaban J connectivity index is 2.37. The second-order valence-electron chi connectivity index (χ2n) is 6.82. The van der Waals surface area contributed by atoms with Gasteiger partial charge in [0.15, 0.2) is 0 Å². The average molecular weight is 309 g/mol. The second kappa shape index (κ2) is 6.68. The van der Waals surface area contributed by atoms with E-state index in [0.29, 0.717) is 5.92 Å². The van der Waals surface area contributed by atoms with Crippen LogP contribution >= 0.6 is 11.6 Å². The first-order valence-electron chi connectivity index (χ1n) is 8.21. The van der Waals surface area contributed by atoms with Crippen molar-refractivity contribution in [2.24, 2.45) is 5.84 Å². The Morgan fingerprint density at radius 2 is 1.86 bits per heavy atom. The number of benzene rings is 1. The van der Waals surface area contributed by atoms with Gasteiger partial charge in [-0.15, -0.1) is 0 Å². The van der Waals surface area contributed by atoms with Crippen LogP contribution in [0.2, 0.25) is 5.02 Å². The molecule has 1 aliphatic carbocycles. The molecule has 118 valence electrons. The normalized spacial score (nSPS) is 17.5. The molecule has 1 saturated carbocycles. The summed E-state index contributed by atoms with van der Waals surface area (Å²) in [4.78, 5) is 0. The number of hydrogen-bond acceptors (Lipinski definition) is 2. The van der Waals surface area contributed by atoms with E-state index in [2.05, 4.69) is 39.8 Å². The summed E-state index contributed by atoms with van der Waals surface area (Å²) in [6.07, 6.45) is 6.59. The van der Waals surface area contributed by atoms with Gasteiger partial charge in [0.2, 0.25) is 0 Å². The van der Waals surface area contributed by atoms with Gasteiger partial charge in [0.05, 0.1) is 5.54 Å². The predicted octanol–water partition coefficient (Wildman–Crippen LogP) is 5.13. The van der Waals surface area contributed by atoms with Crippen molar-refractivity contribution in [2.75, 3.05) is 6.54 Å². The smallest absolute Gasteiger partial charge is 0.0546 e. The van der Waals surface area contributed by atoms with Crippen molar-refractivity contribution in [1.82, 2.24) is 5.01 Å². The van der Waals surface area contributed by atoms with Crippen molar-refractivity contribution in [3.05, 3.63) is 33.8 Å². The molecule has 0 heterocycles.